The fourth-order valence-corrected chi connectivity index (χ4v) is 9.14. The van der Waals surface area contributed by atoms with Crippen molar-refractivity contribution in [3.05, 3.63) is 0 Å². The van der Waals surface area contributed by atoms with Gasteiger partial charge in [0.2, 0.25) is 0 Å². The maximum Gasteiger partial charge on any atom is 0.309 e. The second-order valence-electron chi connectivity index (χ2n) is 13.8. The molecular formula is C29H50O7. The highest BCUT2D eigenvalue weighted by molar-refractivity contribution is 5.74. The van der Waals surface area contributed by atoms with Gasteiger partial charge in [-0.2, -0.15) is 0 Å². The molecule has 4 rings (SSSR count). The zero-order valence-corrected chi connectivity index (χ0v) is 23.3. The number of methoxy groups -OCH3 is 1. The van der Waals surface area contributed by atoms with E-state index >= 15 is 0 Å². The molecule has 3 aliphatic carbocycles. The largest absolute Gasteiger partial charge is 0.465 e. The molecule has 7 heteroatoms. The van der Waals surface area contributed by atoms with Gasteiger partial charge in [0.15, 0.2) is 0 Å². The van der Waals surface area contributed by atoms with Gasteiger partial charge in [-0.1, -0.05) is 27.7 Å². The maximum absolute atomic E-state index is 13.0. The zero-order chi connectivity index (χ0) is 26.8. The molecule has 1 saturated heterocycles. The average molecular weight is 511 g/mol. The average Bonchev–Trinajstić information content (AvgIpc) is 3.14. The molecular weight excluding hydrogens is 460 g/mol. The smallest absolute Gasteiger partial charge is 0.309 e. The first-order valence-corrected chi connectivity index (χ1v) is 14.1. The fourth-order valence-electron chi connectivity index (χ4n) is 9.14. The van der Waals surface area contributed by atoms with Crippen molar-refractivity contribution in [3.8, 4) is 0 Å². The Labute approximate surface area is 216 Å². The Hall–Kier alpha value is -0.730. The topological polar surface area (TPSA) is 116 Å². The molecule has 0 radical (unpaired) electrons. The number of aliphatic hydroxyl groups is 4. The third kappa shape index (κ3) is 4.35. The molecule has 0 spiro atoms. The van der Waals surface area contributed by atoms with E-state index in [1.165, 1.54) is 0 Å². The van der Waals surface area contributed by atoms with E-state index in [-0.39, 0.29) is 53.3 Å². The number of fused-ring (bicyclic) bond motifs is 5. The monoisotopic (exact) mass is 510 g/mol. The number of hydrogen-bond acceptors (Lipinski definition) is 7. The lowest BCUT2D eigenvalue weighted by Gasteiger charge is -2.56. The van der Waals surface area contributed by atoms with Gasteiger partial charge in [-0.3, -0.25) is 4.79 Å². The molecule has 36 heavy (non-hydrogen) atoms. The number of esters is 1. The Kier molecular flexibility index (Phi) is 7.69. The first-order valence-electron chi connectivity index (χ1n) is 14.1. The molecule has 13 atom stereocenters. The highest BCUT2D eigenvalue weighted by atomic mass is 16.5. The molecule has 0 aromatic rings. The van der Waals surface area contributed by atoms with Crippen LogP contribution in [-0.4, -0.2) is 70.1 Å². The van der Waals surface area contributed by atoms with Crippen molar-refractivity contribution in [2.75, 3.05) is 13.7 Å². The van der Waals surface area contributed by atoms with Gasteiger partial charge in [0.25, 0.3) is 0 Å². The van der Waals surface area contributed by atoms with Gasteiger partial charge < -0.3 is 29.9 Å². The van der Waals surface area contributed by atoms with Crippen LogP contribution in [0, 0.1) is 52.3 Å². The summed E-state index contributed by atoms with van der Waals surface area (Å²) in [6.45, 7) is 12.8. The van der Waals surface area contributed by atoms with Crippen molar-refractivity contribution >= 4 is 5.97 Å². The predicted molar refractivity (Wildman–Crippen MR) is 136 cm³/mol. The van der Waals surface area contributed by atoms with E-state index in [1.54, 1.807) is 7.11 Å². The Morgan fingerprint density at radius 3 is 2.28 bits per heavy atom. The minimum absolute atomic E-state index is 0.0172. The van der Waals surface area contributed by atoms with Crippen molar-refractivity contribution in [1.29, 1.82) is 0 Å². The van der Waals surface area contributed by atoms with Gasteiger partial charge in [0.1, 0.15) is 0 Å². The maximum atomic E-state index is 13.0. The summed E-state index contributed by atoms with van der Waals surface area (Å²) in [6, 6.07) is 0. The summed E-state index contributed by atoms with van der Waals surface area (Å²) in [7, 11) is 1.64. The molecule has 4 aliphatic rings. The van der Waals surface area contributed by atoms with Gasteiger partial charge in [-0.15, -0.1) is 0 Å². The minimum atomic E-state index is -0.886. The lowest BCUT2D eigenvalue weighted by molar-refractivity contribution is -0.162. The van der Waals surface area contributed by atoms with Crippen LogP contribution in [0.3, 0.4) is 0 Å². The van der Waals surface area contributed by atoms with Crippen molar-refractivity contribution in [3.63, 3.8) is 0 Å². The fraction of sp³-hybridized carbons (Fsp3) is 0.966. The predicted octanol–water partition coefficient (Wildman–Crippen LogP) is 3.16. The van der Waals surface area contributed by atoms with E-state index in [1.807, 2.05) is 20.8 Å². The third-order valence-electron chi connectivity index (χ3n) is 12.1. The number of carbonyl (C=O) groups excluding carboxylic acids is 1. The highest BCUT2D eigenvalue weighted by Crippen LogP contribution is 2.66. The molecule has 7 nitrogen and oxygen atoms in total. The molecule has 3 saturated carbocycles. The summed E-state index contributed by atoms with van der Waals surface area (Å²) in [5.41, 5.74) is -0.954. The second kappa shape index (κ2) is 9.78. The molecule has 1 aliphatic heterocycles. The first-order chi connectivity index (χ1) is 16.7. The number of rotatable bonds is 6. The van der Waals surface area contributed by atoms with Crippen LogP contribution in [-0.2, 0) is 14.3 Å². The van der Waals surface area contributed by atoms with Crippen molar-refractivity contribution in [1.82, 2.24) is 0 Å². The van der Waals surface area contributed by atoms with Crippen LogP contribution in [0.2, 0.25) is 0 Å². The lowest BCUT2D eigenvalue weighted by Crippen LogP contribution is -2.55. The quantitative estimate of drug-likeness (QED) is 0.406. The van der Waals surface area contributed by atoms with Crippen LogP contribution in [0.5, 0.6) is 0 Å². The van der Waals surface area contributed by atoms with Crippen molar-refractivity contribution in [2.45, 2.75) is 110 Å². The molecule has 1 unspecified atom stereocenters. The summed E-state index contributed by atoms with van der Waals surface area (Å²) in [4.78, 5) is 13.0. The lowest BCUT2D eigenvalue weighted by atomic mass is 9.48. The van der Waals surface area contributed by atoms with Crippen LogP contribution in [0.1, 0.15) is 80.1 Å². The molecule has 4 fully saturated rings. The van der Waals surface area contributed by atoms with Crippen molar-refractivity contribution < 1.29 is 34.7 Å². The van der Waals surface area contributed by atoms with E-state index in [4.69, 9.17) is 9.47 Å². The number of cyclic esters (lactones) is 1. The SMILES string of the molecule is COC(C)(C)[C@H](C)[C@@H](O)[C@H](O)[C@@H](C)[C@H]1CC[C@H]2[C@@H]3COC(=O)C4C[C@H](O)[C@H](O)C[C@]4(C)[C@H]3CC[C@]12C. The molecule has 1 heterocycles. The molecule has 0 bridgehead atoms. The van der Waals surface area contributed by atoms with Crippen LogP contribution in [0.4, 0.5) is 0 Å². The van der Waals surface area contributed by atoms with Gasteiger partial charge >= 0.3 is 5.97 Å². The Bertz CT molecular complexity index is 815. The summed E-state index contributed by atoms with van der Waals surface area (Å²) < 4.78 is 11.5. The molecule has 0 aromatic heterocycles. The normalized spacial score (nSPS) is 46.4. The van der Waals surface area contributed by atoms with E-state index in [9.17, 15) is 25.2 Å². The summed E-state index contributed by atoms with van der Waals surface area (Å²) in [5, 5.41) is 43.3. The summed E-state index contributed by atoms with van der Waals surface area (Å²) in [6.07, 6.45) is 1.19. The number of carbonyl (C=O) groups is 1. The first kappa shape index (κ1) is 28.3. The van der Waals surface area contributed by atoms with Gasteiger partial charge in [0, 0.05) is 13.0 Å². The van der Waals surface area contributed by atoms with Gasteiger partial charge in [-0.05, 0) is 92.8 Å². The van der Waals surface area contributed by atoms with Crippen LogP contribution in [0.15, 0.2) is 0 Å². The van der Waals surface area contributed by atoms with E-state index in [2.05, 4.69) is 20.8 Å². The number of ether oxygens (including phenoxy) is 2. The highest BCUT2D eigenvalue weighted by Gasteiger charge is 2.63. The number of hydrogen-bond donors (Lipinski definition) is 4. The standard InChI is InChI=1S/C29H50O7/c1-15(24(32)25(33)16(2)27(3,4)35-7)18-8-9-19-17-14-36-26(34)21-12-22(30)23(31)13-29(21,6)20(17)10-11-28(18,19)5/h15-25,30-33H,8-14H2,1-7H3/t15-,16+,17-,18+,19-,20-,21?,22-,23+,24+,25+,28+,29+/m0/s1. The Balaban J connectivity index is 1.56. The van der Waals surface area contributed by atoms with Crippen LogP contribution < -0.4 is 0 Å². The van der Waals surface area contributed by atoms with E-state index in [0.29, 0.717) is 18.9 Å². The summed E-state index contributed by atoms with van der Waals surface area (Å²) >= 11 is 0. The van der Waals surface area contributed by atoms with Gasteiger partial charge in [-0.25, -0.2) is 0 Å². The number of aliphatic hydroxyl groups excluding tert-OH is 4. The zero-order valence-electron chi connectivity index (χ0n) is 23.3. The van der Waals surface area contributed by atoms with E-state index in [0.717, 1.165) is 25.7 Å². The molecule has 0 amide bonds. The molecule has 208 valence electrons. The summed E-state index contributed by atoms with van der Waals surface area (Å²) in [5.74, 6) is 0.152. The minimum Gasteiger partial charge on any atom is -0.465 e. The van der Waals surface area contributed by atoms with E-state index < -0.39 is 35.4 Å². The van der Waals surface area contributed by atoms with Gasteiger partial charge in [0.05, 0.1) is 42.5 Å². The molecule has 0 aromatic carbocycles. The van der Waals surface area contributed by atoms with Crippen LogP contribution in [0.25, 0.3) is 0 Å². The molecule has 4 N–H and O–H groups in total. The van der Waals surface area contributed by atoms with Crippen molar-refractivity contribution in [2.24, 2.45) is 52.3 Å². The van der Waals surface area contributed by atoms with Crippen LogP contribution >= 0.6 is 0 Å². The second-order valence-corrected chi connectivity index (χ2v) is 13.8. The Morgan fingerprint density at radius 2 is 1.64 bits per heavy atom. The third-order valence-corrected chi connectivity index (χ3v) is 12.1. The Morgan fingerprint density at radius 1 is 1.00 bits per heavy atom.